The average molecular weight is 437 g/mol. The van der Waals surface area contributed by atoms with Crippen LogP contribution in [-0.4, -0.2) is 42.5 Å². The van der Waals surface area contributed by atoms with Gasteiger partial charge in [0.25, 0.3) is 11.6 Å². The van der Waals surface area contributed by atoms with Crippen LogP contribution in [0.5, 0.6) is 5.75 Å². The standard InChI is InChI=1S/C24H27N3O5/c1-4-26(5-2)21(18-7-6-8-20(15-18)31-3)16-25-24(28)23-14-13-22(32-23)17-9-11-19(12-10-17)27(29)30/h6-15,21H,4-5,16H2,1-3H3,(H,25,28). The van der Waals surface area contributed by atoms with Crippen molar-refractivity contribution >= 4 is 11.6 Å². The van der Waals surface area contributed by atoms with Crippen LogP contribution >= 0.6 is 0 Å². The Hall–Kier alpha value is -3.65. The second-order valence-corrected chi connectivity index (χ2v) is 7.19. The number of nitrogens with one attached hydrogen (secondary N) is 1. The van der Waals surface area contributed by atoms with Crippen molar-refractivity contribution in [3.05, 3.63) is 82.1 Å². The van der Waals surface area contributed by atoms with E-state index in [9.17, 15) is 14.9 Å². The Labute approximate surface area is 186 Å². The summed E-state index contributed by atoms with van der Waals surface area (Å²) in [4.78, 5) is 25.4. The van der Waals surface area contributed by atoms with E-state index in [0.29, 0.717) is 17.9 Å². The SMILES string of the molecule is CCN(CC)C(CNC(=O)c1ccc(-c2ccc([N+](=O)[O-])cc2)o1)c1cccc(OC)c1. The summed E-state index contributed by atoms with van der Waals surface area (Å²) in [6, 6.07) is 17.1. The molecule has 3 aromatic rings. The Balaban J connectivity index is 1.73. The number of nitrogens with zero attached hydrogens (tertiary/aromatic N) is 2. The number of amides is 1. The van der Waals surface area contributed by atoms with E-state index < -0.39 is 4.92 Å². The molecule has 0 aliphatic rings. The lowest BCUT2D eigenvalue weighted by molar-refractivity contribution is -0.384. The molecule has 1 unspecified atom stereocenters. The number of hydrogen-bond donors (Lipinski definition) is 1. The van der Waals surface area contributed by atoms with Crippen molar-refractivity contribution in [3.63, 3.8) is 0 Å². The Morgan fingerprint density at radius 2 is 1.84 bits per heavy atom. The maximum Gasteiger partial charge on any atom is 0.287 e. The summed E-state index contributed by atoms with van der Waals surface area (Å²) in [6.07, 6.45) is 0. The molecule has 0 saturated heterocycles. The number of nitro benzene ring substituents is 1. The van der Waals surface area contributed by atoms with Crippen LogP contribution < -0.4 is 10.1 Å². The van der Waals surface area contributed by atoms with Crippen LogP contribution in [0.2, 0.25) is 0 Å². The van der Waals surface area contributed by atoms with Crippen LogP contribution in [0.3, 0.4) is 0 Å². The fourth-order valence-electron chi connectivity index (χ4n) is 3.61. The first kappa shape index (κ1) is 23.0. The fraction of sp³-hybridized carbons (Fsp3) is 0.292. The zero-order valence-electron chi connectivity index (χ0n) is 18.4. The Morgan fingerprint density at radius 1 is 1.12 bits per heavy atom. The first-order valence-corrected chi connectivity index (χ1v) is 10.5. The Morgan fingerprint density at radius 3 is 2.47 bits per heavy atom. The molecule has 3 rings (SSSR count). The lowest BCUT2D eigenvalue weighted by atomic mass is 10.0. The van der Waals surface area contributed by atoms with Crippen molar-refractivity contribution in [2.24, 2.45) is 0 Å². The highest BCUT2D eigenvalue weighted by Crippen LogP contribution is 2.26. The average Bonchev–Trinajstić information content (AvgIpc) is 3.32. The second-order valence-electron chi connectivity index (χ2n) is 7.19. The summed E-state index contributed by atoms with van der Waals surface area (Å²) >= 11 is 0. The number of methoxy groups -OCH3 is 1. The van der Waals surface area contributed by atoms with Gasteiger partial charge in [-0.25, -0.2) is 0 Å². The summed E-state index contributed by atoms with van der Waals surface area (Å²) in [7, 11) is 1.63. The van der Waals surface area contributed by atoms with Gasteiger partial charge < -0.3 is 14.5 Å². The van der Waals surface area contributed by atoms with Crippen molar-refractivity contribution in [1.82, 2.24) is 10.2 Å². The van der Waals surface area contributed by atoms with Crippen LogP contribution in [0, 0.1) is 10.1 Å². The predicted octanol–water partition coefficient (Wildman–Crippen LogP) is 4.68. The predicted molar refractivity (Wildman–Crippen MR) is 122 cm³/mol. The number of hydrogen-bond acceptors (Lipinski definition) is 6. The molecule has 0 spiro atoms. The van der Waals surface area contributed by atoms with E-state index >= 15 is 0 Å². The number of non-ortho nitro benzene ring substituents is 1. The number of benzene rings is 2. The van der Waals surface area contributed by atoms with Gasteiger partial charge in [0.1, 0.15) is 11.5 Å². The molecule has 8 heteroatoms. The normalized spacial score (nSPS) is 11.9. The monoisotopic (exact) mass is 437 g/mol. The molecule has 0 saturated carbocycles. The number of furan rings is 1. The summed E-state index contributed by atoms with van der Waals surface area (Å²) in [6.45, 7) is 6.24. The zero-order valence-corrected chi connectivity index (χ0v) is 18.4. The molecular formula is C24H27N3O5. The molecule has 1 aromatic heterocycles. The molecule has 0 bridgehead atoms. The maximum atomic E-state index is 12.8. The lowest BCUT2D eigenvalue weighted by Crippen LogP contribution is -2.38. The van der Waals surface area contributed by atoms with Crippen LogP contribution in [0.1, 0.15) is 36.0 Å². The smallest absolute Gasteiger partial charge is 0.287 e. The van der Waals surface area contributed by atoms with E-state index in [0.717, 1.165) is 24.4 Å². The summed E-state index contributed by atoms with van der Waals surface area (Å²) in [5.41, 5.74) is 1.71. The number of nitro groups is 1. The minimum absolute atomic E-state index is 0.00161. The van der Waals surface area contributed by atoms with Gasteiger partial charge in [0.15, 0.2) is 5.76 Å². The van der Waals surface area contributed by atoms with Gasteiger partial charge in [-0.2, -0.15) is 0 Å². The van der Waals surface area contributed by atoms with E-state index in [-0.39, 0.29) is 23.4 Å². The van der Waals surface area contributed by atoms with Gasteiger partial charge in [-0.1, -0.05) is 26.0 Å². The molecule has 1 heterocycles. The molecule has 0 radical (unpaired) electrons. The van der Waals surface area contributed by atoms with Gasteiger partial charge >= 0.3 is 0 Å². The number of likely N-dealkylation sites (N-methyl/N-ethyl adjacent to an activating group) is 1. The first-order valence-electron chi connectivity index (χ1n) is 10.5. The third-order valence-corrected chi connectivity index (χ3v) is 5.38. The minimum atomic E-state index is -0.459. The molecule has 0 fully saturated rings. The van der Waals surface area contributed by atoms with Gasteiger partial charge in [-0.15, -0.1) is 0 Å². The van der Waals surface area contributed by atoms with E-state index in [1.54, 1.807) is 31.4 Å². The molecule has 1 amide bonds. The number of ether oxygens (including phenoxy) is 1. The topological polar surface area (TPSA) is 97.9 Å². The third kappa shape index (κ3) is 5.33. The van der Waals surface area contributed by atoms with Gasteiger partial charge in [0, 0.05) is 24.2 Å². The molecular weight excluding hydrogens is 410 g/mol. The van der Waals surface area contributed by atoms with Crippen LogP contribution in [-0.2, 0) is 0 Å². The molecule has 1 atom stereocenters. The second kappa shape index (κ2) is 10.6. The summed E-state index contributed by atoms with van der Waals surface area (Å²) in [5.74, 6) is 1.10. The number of carbonyl (C=O) groups excluding carboxylic acids is 1. The summed E-state index contributed by atoms with van der Waals surface area (Å²) < 4.78 is 11.1. The summed E-state index contributed by atoms with van der Waals surface area (Å²) in [5, 5.41) is 13.8. The van der Waals surface area contributed by atoms with Gasteiger partial charge in [-0.3, -0.25) is 19.8 Å². The highest BCUT2D eigenvalue weighted by molar-refractivity contribution is 5.92. The van der Waals surface area contributed by atoms with E-state index in [4.69, 9.17) is 9.15 Å². The molecule has 2 aromatic carbocycles. The van der Waals surface area contributed by atoms with Gasteiger partial charge in [-0.05, 0) is 55.1 Å². The lowest BCUT2D eigenvalue weighted by Gasteiger charge is -2.30. The quantitative estimate of drug-likeness (QED) is 0.365. The van der Waals surface area contributed by atoms with Crippen molar-refractivity contribution in [2.45, 2.75) is 19.9 Å². The van der Waals surface area contributed by atoms with Crippen molar-refractivity contribution in [2.75, 3.05) is 26.7 Å². The molecule has 168 valence electrons. The van der Waals surface area contributed by atoms with Crippen molar-refractivity contribution < 1.29 is 18.9 Å². The minimum Gasteiger partial charge on any atom is -0.497 e. The van der Waals surface area contributed by atoms with E-state index in [1.165, 1.54) is 12.1 Å². The third-order valence-electron chi connectivity index (χ3n) is 5.38. The highest BCUT2D eigenvalue weighted by atomic mass is 16.6. The number of carbonyl (C=O) groups is 1. The fourth-order valence-corrected chi connectivity index (χ4v) is 3.61. The van der Waals surface area contributed by atoms with Crippen molar-refractivity contribution in [3.8, 4) is 17.1 Å². The highest BCUT2D eigenvalue weighted by Gasteiger charge is 2.21. The largest absolute Gasteiger partial charge is 0.497 e. The Bertz CT molecular complexity index is 1060. The zero-order chi connectivity index (χ0) is 23.1. The van der Waals surface area contributed by atoms with Crippen molar-refractivity contribution in [1.29, 1.82) is 0 Å². The van der Waals surface area contributed by atoms with Crippen LogP contribution in [0.25, 0.3) is 11.3 Å². The molecule has 0 aliphatic carbocycles. The van der Waals surface area contributed by atoms with Gasteiger partial charge in [0.2, 0.25) is 0 Å². The number of rotatable bonds is 10. The van der Waals surface area contributed by atoms with Crippen LogP contribution in [0.4, 0.5) is 5.69 Å². The molecule has 8 nitrogen and oxygen atoms in total. The Kier molecular flexibility index (Phi) is 7.62. The maximum absolute atomic E-state index is 12.8. The molecule has 32 heavy (non-hydrogen) atoms. The van der Waals surface area contributed by atoms with E-state index in [1.807, 2.05) is 24.3 Å². The van der Waals surface area contributed by atoms with E-state index in [2.05, 4.69) is 24.1 Å². The van der Waals surface area contributed by atoms with Crippen LogP contribution in [0.15, 0.2) is 65.1 Å². The molecule has 1 N–H and O–H groups in total. The first-order chi connectivity index (χ1) is 15.5. The van der Waals surface area contributed by atoms with Gasteiger partial charge in [0.05, 0.1) is 18.1 Å². The molecule has 0 aliphatic heterocycles.